The number of nitrogens with zero attached hydrogens (tertiary/aromatic N) is 4. The van der Waals surface area contributed by atoms with Gasteiger partial charge in [0.15, 0.2) is 0 Å². The van der Waals surface area contributed by atoms with Crippen molar-refractivity contribution in [3.05, 3.63) is 330 Å². The minimum atomic E-state index is -4.07. The number of benzene rings is 8. The monoisotopic (exact) mass is 2000 g/mol. The topological polar surface area (TPSA) is 542 Å². The molecule has 129 heavy (non-hydrogen) atoms. The van der Waals surface area contributed by atoms with Crippen molar-refractivity contribution >= 4 is 240 Å². The van der Waals surface area contributed by atoms with Gasteiger partial charge in [-0.2, -0.15) is 0 Å². The number of hydrogen-bond donors (Lipinski definition) is 13. The van der Waals surface area contributed by atoms with E-state index in [9.17, 15) is 91.2 Å². The highest BCUT2D eigenvalue weighted by atomic mass is 35.5. The molecule has 0 aliphatic rings. The number of ether oxygens (including phenoxy) is 1. The van der Waals surface area contributed by atoms with E-state index in [1.165, 1.54) is 171 Å². The van der Waals surface area contributed by atoms with E-state index in [0.29, 0.717) is 43.6 Å². The maximum Gasteiger partial charge on any atom is 0.333 e. The first-order chi connectivity index (χ1) is 61.2. The highest BCUT2D eigenvalue weighted by Crippen LogP contribution is 2.30. The van der Waals surface area contributed by atoms with Gasteiger partial charge in [0.05, 0.1) is 90.8 Å². The van der Waals surface area contributed by atoms with Crippen molar-refractivity contribution in [1.82, 2.24) is 57.1 Å². The normalized spacial score (nSPS) is 11.4. The summed E-state index contributed by atoms with van der Waals surface area (Å²) in [5, 5.41) is 14.1. The number of para-hydroxylation sites is 1. The lowest BCUT2D eigenvalue weighted by atomic mass is 10.2. The lowest BCUT2D eigenvalue weighted by molar-refractivity contribution is 0.255. The number of amides is 8. The van der Waals surface area contributed by atoms with Gasteiger partial charge in [-0.25, -0.2) is 109 Å². The molecule has 8 aromatic carbocycles. The molecule has 0 fully saturated rings. The van der Waals surface area contributed by atoms with Crippen LogP contribution >= 0.6 is 103 Å². The van der Waals surface area contributed by atoms with Crippen LogP contribution in [0.3, 0.4) is 0 Å². The number of urea groups is 4. The van der Waals surface area contributed by atoms with E-state index in [2.05, 4.69) is 46.5 Å². The van der Waals surface area contributed by atoms with Crippen molar-refractivity contribution in [2.75, 3.05) is 40.7 Å². The van der Waals surface area contributed by atoms with Crippen LogP contribution in [0.25, 0.3) is 66.4 Å². The highest BCUT2D eigenvalue weighted by molar-refractivity contribution is 7.93. The van der Waals surface area contributed by atoms with E-state index >= 15 is 0 Å². The van der Waals surface area contributed by atoms with Gasteiger partial charge in [-0.05, 0) is 206 Å². The molecular formula is C78H56Cl5N17O21S8. The average molecular weight is 2000 g/mol. The SMILES string of the molecule is CNc1ccc2c(=O)n(-c3ccc(NC(=O)NS(=O)(=O)c4ccc(Cl)s4)cc3)c(=O)[nH]c2c1.COc1ccc2c(=O)n(-c3ccc(NC(=O)NS(=O)(=O)c4ccc(Cl)s4)cc3)c(=O)[nH]c2c1.O=C(Nc1ccc(-n2c(=O)[nH]c3cc(Cl)ccc3c2=O)cc1)NS(=O)(=O)c1ccc(Cl)s1.O=C(Nc1ccc(-n2c(=O)[nH]c3ccccc3c2=O)cc1)NS(=O)(=O)c1ccc(Cl)s1. The summed E-state index contributed by atoms with van der Waals surface area (Å²) in [5.74, 6) is 0.494. The van der Waals surface area contributed by atoms with Crippen LogP contribution in [0.1, 0.15) is 0 Å². The number of thiophene rings is 4. The molecule has 8 heterocycles. The number of H-pyrrole nitrogens is 4. The number of halogens is 5. The lowest BCUT2D eigenvalue weighted by Gasteiger charge is -2.10. The number of fused-ring (bicyclic) bond motifs is 4. The molecule has 13 N–H and O–H groups in total. The smallest absolute Gasteiger partial charge is 0.333 e. The van der Waals surface area contributed by atoms with Gasteiger partial charge in [-0.1, -0.05) is 70.1 Å². The molecule has 0 radical (unpaired) electrons. The number of rotatable bonds is 18. The molecule has 8 aromatic heterocycles. The lowest BCUT2D eigenvalue weighted by Crippen LogP contribution is -2.34. The van der Waals surface area contributed by atoms with Crippen molar-refractivity contribution in [2.45, 2.75) is 16.8 Å². The Morgan fingerprint density at radius 2 is 0.574 bits per heavy atom. The summed E-state index contributed by atoms with van der Waals surface area (Å²) < 4.78 is 115. The molecule has 8 amide bonds. The third kappa shape index (κ3) is 21.9. The molecule has 0 atom stereocenters. The Kier molecular flexibility index (Phi) is 28.0. The fraction of sp³-hybridized carbons (Fsp3) is 0.0256. The standard InChI is InChI=1S/C20H16ClN5O5S2.C20H15ClN4O6S2.C19H12Cl2N4O5S2.C19H13ClN4O5S2/c1-22-12-4-7-14-15(10-12)24-20(29)26(18(14)27)13-5-2-11(3-6-13)23-19(28)25-33(30,31)17-9-8-16(21)32-17;1-31-13-6-7-14-15(10-13)23-20(28)25(18(14)26)12-4-2-11(3-5-12)22-19(27)24-33(29,30)17-9-8-16(21)32-17;20-10-1-6-13-14(9-10)23-19(28)25(17(13)26)12-4-2-11(3-5-12)22-18(27)24-32(29,30)16-8-7-15(21)31-16;20-15-9-10-16(30-15)31(28,29)23-18(26)21-11-5-7-12(8-6-11)24-17(25)13-3-1-2-4-14(13)22-19(24)27/h2-10,22H,1H3,(H,24,29)(H2,23,25,28);2-10H,1H3,(H,23,28)(H2,22,24,27);1-9H,(H,23,28)(H2,22,24,27);1-10H,(H,22,27)(H2,21,23,26). The van der Waals surface area contributed by atoms with Crippen molar-refractivity contribution < 1.29 is 57.6 Å². The van der Waals surface area contributed by atoms with E-state index in [1.807, 2.05) is 18.9 Å². The predicted octanol–water partition coefficient (Wildman–Crippen LogP) is 12.3. The van der Waals surface area contributed by atoms with E-state index in [1.54, 1.807) is 67.7 Å². The van der Waals surface area contributed by atoms with Gasteiger partial charge in [0, 0.05) is 46.6 Å². The summed E-state index contributed by atoms with van der Waals surface area (Å²) in [7, 11) is -13.1. The van der Waals surface area contributed by atoms with E-state index in [0.717, 1.165) is 69.3 Å². The number of aromatic amines is 4. The molecule has 38 nitrogen and oxygen atoms in total. The quantitative estimate of drug-likeness (QED) is 0.0379. The van der Waals surface area contributed by atoms with Crippen LogP contribution in [0.15, 0.2) is 280 Å². The number of carbonyl (C=O) groups excluding carboxylic acids is 4. The Balaban J connectivity index is 0.000000147. The van der Waals surface area contributed by atoms with Crippen molar-refractivity contribution in [3.8, 4) is 28.5 Å². The summed E-state index contributed by atoms with van der Waals surface area (Å²) in [6.07, 6.45) is 0. The molecule has 0 aliphatic heterocycles. The van der Waals surface area contributed by atoms with Crippen molar-refractivity contribution in [3.63, 3.8) is 0 Å². The number of methoxy groups -OCH3 is 1. The number of anilines is 5. The molecule has 0 spiro atoms. The van der Waals surface area contributed by atoms with Gasteiger partial charge >= 0.3 is 46.9 Å². The van der Waals surface area contributed by atoms with Gasteiger partial charge in [0.2, 0.25) is 0 Å². The number of aromatic nitrogens is 8. The first-order valence-corrected chi connectivity index (χ1v) is 47.1. The number of nitrogens with one attached hydrogen (secondary N) is 13. The van der Waals surface area contributed by atoms with Gasteiger partial charge < -0.3 is 51.3 Å². The van der Waals surface area contributed by atoms with Crippen molar-refractivity contribution in [2.24, 2.45) is 0 Å². The number of hydrogen-bond acceptors (Lipinski definition) is 26. The predicted molar refractivity (Wildman–Crippen MR) is 496 cm³/mol. The van der Waals surface area contributed by atoms with Crippen LogP contribution in [0.2, 0.25) is 22.4 Å². The Morgan fingerprint density at radius 1 is 0.310 bits per heavy atom. The second kappa shape index (κ2) is 38.8. The molecule has 16 aromatic rings. The Morgan fingerprint density at radius 3 is 0.868 bits per heavy atom. The largest absolute Gasteiger partial charge is 0.497 e. The van der Waals surface area contributed by atoms with E-state index < -0.39 is 109 Å². The Hall–Kier alpha value is -13.8. The second-order valence-corrected chi connectivity index (χ2v) is 41.0. The Labute approximate surface area is 764 Å². The van der Waals surface area contributed by atoms with Gasteiger partial charge in [-0.3, -0.25) is 19.2 Å². The fourth-order valence-electron chi connectivity index (χ4n) is 11.8. The summed E-state index contributed by atoms with van der Waals surface area (Å²) in [5.41, 5.74) is -0.353. The number of carbonyl (C=O) groups is 4. The molecule has 0 bridgehead atoms. The third-order valence-corrected chi connectivity index (χ3v) is 30.1. The zero-order chi connectivity index (χ0) is 92.7. The zero-order valence-corrected chi connectivity index (χ0v) is 75.2. The van der Waals surface area contributed by atoms with Crippen LogP contribution < -0.4 is 95.2 Å². The molecule has 0 saturated heterocycles. The Bertz CT molecular complexity index is 7940. The molecule has 0 aliphatic carbocycles. The summed E-state index contributed by atoms with van der Waals surface area (Å²) in [6.45, 7) is 0. The van der Waals surface area contributed by atoms with E-state index in [-0.39, 0.29) is 90.5 Å². The van der Waals surface area contributed by atoms with Crippen LogP contribution in [0.4, 0.5) is 47.6 Å². The minimum Gasteiger partial charge on any atom is -0.497 e. The highest BCUT2D eigenvalue weighted by Gasteiger charge is 2.26. The first-order valence-electron chi connectivity index (χ1n) is 36.0. The maximum atomic E-state index is 12.9. The second-order valence-electron chi connectivity index (χ2n) is 26.1. The number of sulfonamides is 4. The van der Waals surface area contributed by atoms with Crippen LogP contribution in [-0.4, -0.2) is 110 Å². The fourth-order valence-corrected chi connectivity index (χ4v) is 21.6. The van der Waals surface area contributed by atoms with Gasteiger partial charge in [-0.15, -0.1) is 45.3 Å². The summed E-state index contributed by atoms with van der Waals surface area (Å²) in [6, 6.07) is 50.7. The molecular weight excluding hydrogens is 1940 g/mol. The van der Waals surface area contributed by atoms with Crippen LogP contribution in [0, 0.1) is 0 Å². The molecule has 0 unspecified atom stereocenters. The molecule has 16 rings (SSSR count). The summed E-state index contributed by atoms with van der Waals surface area (Å²) >= 11 is 32.1. The molecule has 0 saturated carbocycles. The zero-order valence-electron chi connectivity index (χ0n) is 64.9. The average Bonchev–Trinajstić information content (AvgIpc) is 1.77. The minimum absolute atomic E-state index is 0.0992. The maximum absolute atomic E-state index is 12.9. The molecule has 662 valence electrons. The van der Waals surface area contributed by atoms with Gasteiger partial charge in [0.1, 0.15) is 22.6 Å². The van der Waals surface area contributed by atoms with Gasteiger partial charge in [0.25, 0.3) is 62.3 Å². The van der Waals surface area contributed by atoms with Crippen LogP contribution in [-0.2, 0) is 40.1 Å². The first kappa shape index (κ1) is 92.9. The third-order valence-electron chi connectivity index (χ3n) is 17.7. The van der Waals surface area contributed by atoms with E-state index in [4.69, 9.17) is 62.7 Å². The summed E-state index contributed by atoms with van der Waals surface area (Å²) in [4.78, 5) is 160. The van der Waals surface area contributed by atoms with Crippen molar-refractivity contribution in [1.29, 1.82) is 0 Å². The van der Waals surface area contributed by atoms with Crippen LogP contribution in [0.5, 0.6) is 5.75 Å². The molecule has 51 heteroatoms.